The van der Waals surface area contributed by atoms with Crippen LogP contribution < -0.4 is 10.2 Å². The lowest BCUT2D eigenvalue weighted by Gasteiger charge is -2.22. The van der Waals surface area contributed by atoms with Crippen LogP contribution in [0.15, 0.2) is 66.7 Å². The number of para-hydroxylation sites is 1. The van der Waals surface area contributed by atoms with Crippen LogP contribution in [0.25, 0.3) is 0 Å². The van der Waals surface area contributed by atoms with E-state index >= 15 is 0 Å². The highest BCUT2D eigenvalue weighted by Gasteiger charge is 2.61. The summed E-state index contributed by atoms with van der Waals surface area (Å²) < 4.78 is 36.3. The van der Waals surface area contributed by atoms with Crippen LogP contribution in [0, 0.1) is 11.8 Å². The minimum absolute atomic E-state index is 0.121. The molecule has 2 fully saturated rings. The number of carbonyl (C=O) groups is 3. The topological polar surface area (TPSA) is 66.5 Å². The first-order chi connectivity index (χ1) is 15.2. The van der Waals surface area contributed by atoms with Gasteiger partial charge in [-0.1, -0.05) is 49.4 Å². The fraction of sp³-hybridized carbons (Fsp3) is 0.292. The zero-order valence-electron chi connectivity index (χ0n) is 17.2. The monoisotopic (exact) mass is 442 g/mol. The second kappa shape index (κ2) is 8.35. The van der Waals surface area contributed by atoms with Crippen LogP contribution in [0.3, 0.4) is 0 Å². The van der Waals surface area contributed by atoms with Gasteiger partial charge < -0.3 is 0 Å². The van der Waals surface area contributed by atoms with Gasteiger partial charge >= 0.3 is 6.18 Å². The molecular weight excluding hydrogens is 421 g/mol. The fourth-order valence-electron chi connectivity index (χ4n) is 4.39. The molecule has 32 heavy (non-hydrogen) atoms. The first-order valence-corrected chi connectivity index (χ1v) is 10.3. The second-order valence-corrected chi connectivity index (χ2v) is 7.88. The van der Waals surface area contributed by atoms with Gasteiger partial charge in [0.25, 0.3) is 0 Å². The van der Waals surface area contributed by atoms with E-state index in [1.807, 2.05) is 13.0 Å². The van der Waals surface area contributed by atoms with Gasteiger partial charge in [0.15, 0.2) is 5.78 Å². The van der Waals surface area contributed by atoms with Crippen molar-refractivity contribution in [2.75, 3.05) is 4.90 Å². The molecule has 0 radical (unpaired) electrons. The van der Waals surface area contributed by atoms with Crippen molar-refractivity contribution in [3.05, 3.63) is 77.9 Å². The number of alkyl halides is 3. The summed E-state index contributed by atoms with van der Waals surface area (Å²) in [7, 11) is 0. The molecule has 0 aliphatic carbocycles. The molecule has 0 saturated carbocycles. The molecule has 0 spiro atoms. The highest BCUT2D eigenvalue weighted by atomic mass is 19.4. The van der Waals surface area contributed by atoms with Gasteiger partial charge in [0, 0.05) is 6.04 Å². The van der Waals surface area contributed by atoms with E-state index in [1.54, 1.807) is 36.4 Å². The van der Waals surface area contributed by atoms with Crippen molar-refractivity contribution in [3.8, 4) is 0 Å². The van der Waals surface area contributed by atoms with Crippen molar-refractivity contribution in [2.45, 2.75) is 31.6 Å². The van der Waals surface area contributed by atoms with E-state index in [0.717, 1.165) is 6.07 Å². The van der Waals surface area contributed by atoms with E-state index < -0.39 is 29.6 Å². The molecule has 2 bridgehead atoms. The first-order valence-electron chi connectivity index (χ1n) is 10.3. The lowest BCUT2D eigenvalue weighted by molar-refractivity contribution is -0.137. The molecule has 0 aromatic heterocycles. The number of amides is 2. The van der Waals surface area contributed by atoms with Crippen LogP contribution in [0.5, 0.6) is 0 Å². The molecule has 5 rings (SSSR count). The number of hydrogen-bond donors (Lipinski definition) is 1. The molecule has 8 heteroatoms. The third-order valence-electron chi connectivity index (χ3n) is 5.97. The predicted octanol–water partition coefficient (Wildman–Crippen LogP) is 3.54. The molecule has 3 aliphatic rings. The molecule has 2 saturated heterocycles. The van der Waals surface area contributed by atoms with Gasteiger partial charge in [-0.2, -0.15) is 13.2 Å². The number of nitrogens with zero attached hydrogens (tertiary/aromatic N) is 1. The number of hydrogen-bond acceptors (Lipinski definition) is 4. The summed E-state index contributed by atoms with van der Waals surface area (Å²) in [5, 5.41) is 3.07. The number of aryl methyl sites for hydroxylation is 1. The predicted molar refractivity (Wildman–Crippen MR) is 112 cm³/mol. The number of fused-ring (bicyclic) bond motifs is 5. The maximum atomic E-state index is 12.6. The number of carbonyl (C=O) groups excluding carboxylic acids is 3. The average Bonchev–Trinajstić information content (AvgIpc) is 3.24. The molecule has 5 nitrogen and oxygen atoms in total. The lowest BCUT2D eigenvalue weighted by atomic mass is 9.90. The molecule has 1 N–H and O–H groups in total. The second-order valence-electron chi connectivity index (χ2n) is 7.88. The molecule has 3 aliphatic heterocycles. The van der Waals surface area contributed by atoms with E-state index in [0.29, 0.717) is 17.7 Å². The van der Waals surface area contributed by atoms with Crippen LogP contribution in [0.2, 0.25) is 0 Å². The van der Waals surface area contributed by atoms with Crippen LogP contribution in [0.1, 0.15) is 18.1 Å². The Morgan fingerprint density at radius 2 is 1.62 bits per heavy atom. The standard InChI is InChI=1S/C15H12N2O3.C9H9F3/c18-10-7-6-9-11-12(13(10)16-9)15(20)17(14(11)19)8-4-2-1-3-5-8;1-2-7-4-3-5-8(6-7)9(10,11)12/h1-7,9,11-13,16H;3-6H,2H2,1H3. The summed E-state index contributed by atoms with van der Waals surface area (Å²) in [6.45, 7) is 1.83. The first kappa shape index (κ1) is 22.0. The summed E-state index contributed by atoms with van der Waals surface area (Å²) in [4.78, 5) is 38.2. The van der Waals surface area contributed by atoms with Crippen molar-refractivity contribution in [1.82, 2.24) is 5.32 Å². The molecule has 2 amide bonds. The highest BCUT2D eigenvalue weighted by Crippen LogP contribution is 2.41. The van der Waals surface area contributed by atoms with E-state index in [9.17, 15) is 27.6 Å². The molecule has 166 valence electrons. The van der Waals surface area contributed by atoms with Gasteiger partial charge in [0.1, 0.15) is 0 Å². The van der Waals surface area contributed by atoms with E-state index in [1.165, 1.54) is 23.1 Å². The molecular formula is C24H21F3N2O3. The van der Waals surface area contributed by atoms with E-state index in [2.05, 4.69) is 5.32 Å². The van der Waals surface area contributed by atoms with Gasteiger partial charge in [-0.25, -0.2) is 4.90 Å². The summed E-state index contributed by atoms with van der Waals surface area (Å²) >= 11 is 0. The number of ketones is 1. The van der Waals surface area contributed by atoms with Crippen LogP contribution >= 0.6 is 0 Å². The molecule has 3 heterocycles. The van der Waals surface area contributed by atoms with Crippen molar-refractivity contribution in [2.24, 2.45) is 11.8 Å². The number of halogens is 3. The van der Waals surface area contributed by atoms with Crippen LogP contribution in [-0.2, 0) is 27.0 Å². The highest BCUT2D eigenvalue weighted by molar-refractivity contribution is 6.24. The zero-order valence-corrected chi connectivity index (χ0v) is 17.2. The Bertz CT molecular complexity index is 1080. The molecule has 4 unspecified atom stereocenters. The van der Waals surface area contributed by atoms with Crippen LogP contribution in [0.4, 0.5) is 18.9 Å². The lowest BCUT2D eigenvalue weighted by Crippen LogP contribution is -2.46. The fourth-order valence-corrected chi connectivity index (χ4v) is 4.39. The number of anilines is 1. The largest absolute Gasteiger partial charge is 0.416 e. The average molecular weight is 442 g/mol. The van der Waals surface area contributed by atoms with E-state index in [4.69, 9.17) is 0 Å². The van der Waals surface area contributed by atoms with Crippen molar-refractivity contribution >= 4 is 23.3 Å². The molecule has 4 atom stereocenters. The summed E-state index contributed by atoms with van der Waals surface area (Å²) in [6, 6.07) is 13.5. The third kappa shape index (κ3) is 3.86. The van der Waals surface area contributed by atoms with Crippen LogP contribution in [-0.4, -0.2) is 29.7 Å². The Balaban J connectivity index is 0.000000176. The number of nitrogens with one attached hydrogen (secondary N) is 1. The smallest absolute Gasteiger partial charge is 0.299 e. The Morgan fingerprint density at radius 3 is 2.28 bits per heavy atom. The minimum Gasteiger partial charge on any atom is -0.299 e. The number of imide groups is 1. The quantitative estimate of drug-likeness (QED) is 0.723. The normalized spacial score (nSPS) is 26.1. The van der Waals surface area contributed by atoms with Gasteiger partial charge in [-0.15, -0.1) is 0 Å². The Labute approximate surface area is 182 Å². The Hall–Kier alpha value is -3.26. The van der Waals surface area contributed by atoms with Crippen molar-refractivity contribution < 1.29 is 27.6 Å². The maximum Gasteiger partial charge on any atom is 0.416 e. The molecule has 2 aromatic rings. The number of rotatable bonds is 2. The van der Waals surface area contributed by atoms with Gasteiger partial charge in [0.05, 0.1) is 29.1 Å². The number of benzene rings is 2. The molecule has 2 aromatic carbocycles. The summed E-state index contributed by atoms with van der Waals surface area (Å²) in [5.41, 5.74) is 0.720. The third-order valence-corrected chi connectivity index (χ3v) is 5.97. The Morgan fingerprint density at radius 1 is 0.938 bits per heavy atom. The SMILES string of the molecule is CCc1cccc(C(F)(F)F)c1.O=C1C=CC2NC1C1C(=O)N(c3ccccc3)C(=O)C21. The van der Waals surface area contributed by atoms with Crippen molar-refractivity contribution in [1.29, 1.82) is 0 Å². The Kier molecular flexibility index (Phi) is 5.73. The summed E-state index contributed by atoms with van der Waals surface area (Å²) in [5.74, 6) is -1.65. The summed E-state index contributed by atoms with van der Waals surface area (Å²) in [6.07, 6.45) is -0.407. The van der Waals surface area contributed by atoms with Gasteiger partial charge in [0.2, 0.25) is 11.8 Å². The zero-order chi connectivity index (χ0) is 23.0. The maximum absolute atomic E-state index is 12.6. The van der Waals surface area contributed by atoms with Gasteiger partial charge in [-0.05, 0) is 36.3 Å². The van der Waals surface area contributed by atoms with E-state index in [-0.39, 0.29) is 23.6 Å². The minimum atomic E-state index is -4.22. The van der Waals surface area contributed by atoms with Gasteiger partial charge in [-0.3, -0.25) is 19.7 Å². The van der Waals surface area contributed by atoms with Crippen molar-refractivity contribution in [3.63, 3.8) is 0 Å².